The summed E-state index contributed by atoms with van der Waals surface area (Å²) in [5, 5.41) is 13.7. The van der Waals surface area contributed by atoms with Gasteiger partial charge in [0, 0.05) is 62.1 Å². The highest BCUT2D eigenvalue weighted by molar-refractivity contribution is 5.97. The van der Waals surface area contributed by atoms with Crippen LogP contribution in [0.15, 0.2) is 36.4 Å². The summed E-state index contributed by atoms with van der Waals surface area (Å²) in [7, 11) is 1.67. The van der Waals surface area contributed by atoms with Gasteiger partial charge in [0.05, 0.1) is 5.60 Å². The quantitative estimate of drug-likeness (QED) is 0.393. The predicted octanol–water partition coefficient (Wildman–Crippen LogP) is 5.05. The number of carbonyl (C=O) groups excluding carboxylic acids is 2. The van der Waals surface area contributed by atoms with Crippen LogP contribution >= 0.6 is 0 Å². The minimum Gasteiger partial charge on any atom is -0.390 e. The minimum absolute atomic E-state index is 0.0104. The molecule has 224 valence electrons. The Balaban J connectivity index is 1.66. The van der Waals surface area contributed by atoms with Gasteiger partial charge in [-0.2, -0.15) is 0 Å². The summed E-state index contributed by atoms with van der Waals surface area (Å²) in [6, 6.07) is 10.3. The number of nitrogens with one attached hydrogen (secondary N) is 1. The fourth-order valence-electron chi connectivity index (χ4n) is 6.04. The number of hydrogen-bond donors (Lipinski definition) is 2. The maximum atomic E-state index is 15.4. The van der Waals surface area contributed by atoms with Crippen molar-refractivity contribution in [3.05, 3.63) is 58.9 Å². The van der Waals surface area contributed by atoms with Crippen molar-refractivity contribution in [2.24, 2.45) is 0 Å². The fourth-order valence-corrected chi connectivity index (χ4v) is 6.04. The topological polar surface area (TPSA) is 82.1 Å². The molecule has 2 aliphatic heterocycles. The van der Waals surface area contributed by atoms with Gasteiger partial charge in [0.25, 0.3) is 11.8 Å². The Morgan fingerprint density at radius 2 is 1.85 bits per heavy atom. The highest BCUT2D eigenvalue weighted by Gasteiger charge is 2.31. The lowest BCUT2D eigenvalue weighted by molar-refractivity contribution is -0.00204. The summed E-state index contributed by atoms with van der Waals surface area (Å²) >= 11 is 0. The molecule has 2 fully saturated rings. The summed E-state index contributed by atoms with van der Waals surface area (Å²) in [4.78, 5) is 30.9. The Morgan fingerprint density at radius 1 is 1.12 bits per heavy atom. The first-order chi connectivity index (χ1) is 19.6. The van der Waals surface area contributed by atoms with E-state index in [0.717, 1.165) is 44.3 Å². The number of rotatable bonds is 10. The third kappa shape index (κ3) is 7.73. The molecule has 2 N–H and O–H groups in total. The van der Waals surface area contributed by atoms with Crippen LogP contribution in [0.1, 0.15) is 85.6 Å². The Morgan fingerprint density at radius 3 is 2.51 bits per heavy atom. The van der Waals surface area contributed by atoms with Crippen LogP contribution in [0, 0.1) is 5.82 Å². The van der Waals surface area contributed by atoms with Crippen molar-refractivity contribution in [1.82, 2.24) is 15.1 Å². The molecular weight excluding hydrogens is 521 g/mol. The number of amides is 2. The van der Waals surface area contributed by atoms with Crippen LogP contribution < -0.4 is 5.32 Å². The van der Waals surface area contributed by atoms with E-state index in [1.165, 1.54) is 12.1 Å². The van der Waals surface area contributed by atoms with Crippen molar-refractivity contribution in [1.29, 1.82) is 0 Å². The molecule has 2 aromatic rings. The second kappa shape index (κ2) is 13.9. The van der Waals surface area contributed by atoms with Crippen molar-refractivity contribution < 1.29 is 23.8 Å². The number of aryl methyl sites for hydroxylation is 1. The van der Waals surface area contributed by atoms with E-state index in [1.54, 1.807) is 31.1 Å². The highest BCUT2D eigenvalue weighted by atomic mass is 19.1. The van der Waals surface area contributed by atoms with Gasteiger partial charge >= 0.3 is 0 Å². The van der Waals surface area contributed by atoms with Crippen LogP contribution in [0.2, 0.25) is 0 Å². The summed E-state index contributed by atoms with van der Waals surface area (Å²) in [5.41, 5.74) is 2.20. The molecule has 4 rings (SSSR count). The summed E-state index contributed by atoms with van der Waals surface area (Å²) in [5.74, 6) is -0.579. The molecule has 0 aliphatic carbocycles. The first-order valence-electron chi connectivity index (χ1n) is 15.1. The van der Waals surface area contributed by atoms with E-state index in [-0.39, 0.29) is 23.9 Å². The number of likely N-dealkylation sites (tertiary alicyclic amines) is 1. The van der Waals surface area contributed by atoms with Gasteiger partial charge in [0.15, 0.2) is 0 Å². The molecule has 2 amide bonds. The van der Waals surface area contributed by atoms with Crippen molar-refractivity contribution >= 4 is 11.8 Å². The van der Waals surface area contributed by atoms with Crippen LogP contribution in [-0.4, -0.2) is 84.3 Å². The lowest BCUT2D eigenvalue weighted by Gasteiger charge is -2.37. The van der Waals surface area contributed by atoms with E-state index in [2.05, 4.69) is 5.32 Å². The normalized spacial score (nSPS) is 18.9. The molecular formula is C33H46FN3O4. The standard InChI is InChI=1S/C33H46FN3O4/c1-23(2)37(27-9-7-16-35-22-27)32(39)25-10-12-28(24(20-25)8-5-6-19-41-4)29-21-26(11-13-30(29)34)31(38)36-17-14-33(3,40)15-18-36/h10-13,20-21,23,27,35,40H,5-9,14-19,22H2,1-4H3. The minimum atomic E-state index is -0.764. The van der Waals surface area contributed by atoms with Gasteiger partial charge in [-0.25, -0.2) is 4.39 Å². The number of nitrogens with zero attached hydrogens (tertiary/aromatic N) is 2. The van der Waals surface area contributed by atoms with Gasteiger partial charge in [-0.05, 0) is 114 Å². The van der Waals surface area contributed by atoms with Gasteiger partial charge in [0.1, 0.15) is 5.82 Å². The molecule has 2 aromatic carbocycles. The Hall–Kier alpha value is -2.81. The first kappa shape index (κ1) is 31.1. The summed E-state index contributed by atoms with van der Waals surface area (Å²) < 4.78 is 20.6. The number of unbranched alkanes of at least 4 members (excludes halogenated alkanes) is 1. The van der Waals surface area contributed by atoms with E-state index in [0.29, 0.717) is 61.2 Å². The van der Waals surface area contributed by atoms with Crippen molar-refractivity contribution in [2.45, 2.75) is 83.4 Å². The van der Waals surface area contributed by atoms with E-state index in [9.17, 15) is 14.7 Å². The van der Waals surface area contributed by atoms with Crippen LogP contribution in [-0.2, 0) is 11.2 Å². The molecule has 1 atom stereocenters. The Kier molecular flexibility index (Phi) is 10.6. The zero-order valence-electron chi connectivity index (χ0n) is 25.0. The summed E-state index contributed by atoms with van der Waals surface area (Å²) in [6.45, 7) is 9.20. The number of benzene rings is 2. The van der Waals surface area contributed by atoms with E-state index in [4.69, 9.17) is 4.74 Å². The first-order valence-corrected chi connectivity index (χ1v) is 15.1. The average molecular weight is 568 g/mol. The molecule has 2 heterocycles. The molecule has 2 saturated heterocycles. The fraction of sp³-hybridized carbons (Fsp3) is 0.576. The molecule has 0 aromatic heterocycles. The van der Waals surface area contributed by atoms with Gasteiger partial charge < -0.3 is 25.0 Å². The molecule has 0 radical (unpaired) electrons. The number of methoxy groups -OCH3 is 1. The molecule has 1 unspecified atom stereocenters. The number of piperidine rings is 2. The lowest BCUT2D eigenvalue weighted by atomic mass is 9.91. The van der Waals surface area contributed by atoms with Crippen molar-refractivity contribution in [3.63, 3.8) is 0 Å². The van der Waals surface area contributed by atoms with Crippen LogP contribution in [0.25, 0.3) is 11.1 Å². The van der Waals surface area contributed by atoms with Gasteiger partial charge in [-0.1, -0.05) is 6.07 Å². The number of carbonyl (C=O) groups is 2. The average Bonchev–Trinajstić information content (AvgIpc) is 2.96. The third-order valence-electron chi connectivity index (χ3n) is 8.48. The zero-order chi connectivity index (χ0) is 29.6. The molecule has 7 nitrogen and oxygen atoms in total. The number of hydrogen-bond acceptors (Lipinski definition) is 5. The van der Waals surface area contributed by atoms with Crippen molar-refractivity contribution in [3.8, 4) is 11.1 Å². The molecule has 41 heavy (non-hydrogen) atoms. The number of halogens is 1. The molecule has 0 spiro atoms. The van der Waals surface area contributed by atoms with Crippen molar-refractivity contribution in [2.75, 3.05) is 39.9 Å². The largest absolute Gasteiger partial charge is 0.390 e. The number of ether oxygens (including phenoxy) is 1. The van der Waals surface area contributed by atoms with Gasteiger partial charge in [-0.3, -0.25) is 9.59 Å². The van der Waals surface area contributed by atoms with E-state index < -0.39 is 11.4 Å². The summed E-state index contributed by atoms with van der Waals surface area (Å²) in [6.07, 6.45) is 5.36. The SMILES string of the molecule is COCCCCc1cc(C(=O)N(C(C)C)C2CCCNC2)ccc1-c1cc(C(=O)N2CCC(C)(O)CC2)ccc1F. The molecule has 8 heteroatoms. The van der Waals surface area contributed by atoms with Crippen LogP contribution in [0.3, 0.4) is 0 Å². The highest BCUT2D eigenvalue weighted by Crippen LogP contribution is 2.32. The smallest absolute Gasteiger partial charge is 0.254 e. The van der Waals surface area contributed by atoms with Gasteiger partial charge in [-0.15, -0.1) is 0 Å². The molecule has 0 bridgehead atoms. The third-order valence-corrected chi connectivity index (χ3v) is 8.48. The van der Waals surface area contributed by atoms with Crippen LogP contribution in [0.5, 0.6) is 0 Å². The maximum Gasteiger partial charge on any atom is 0.254 e. The predicted molar refractivity (Wildman–Crippen MR) is 160 cm³/mol. The van der Waals surface area contributed by atoms with Gasteiger partial charge in [0.2, 0.25) is 0 Å². The van der Waals surface area contributed by atoms with E-state index >= 15 is 4.39 Å². The number of aliphatic hydroxyl groups is 1. The second-order valence-electron chi connectivity index (χ2n) is 12.1. The molecule has 0 saturated carbocycles. The van der Waals surface area contributed by atoms with E-state index in [1.807, 2.05) is 30.9 Å². The maximum absolute atomic E-state index is 15.4. The zero-order valence-corrected chi connectivity index (χ0v) is 25.0. The molecule has 2 aliphatic rings. The Bertz CT molecular complexity index is 1200. The second-order valence-corrected chi connectivity index (χ2v) is 12.1. The monoisotopic (exact) mass is 567 g/mol. The van der Waals surface area contributed by atoms with Crippen LogP contribution in [0.4, 0.5) is 4.39 Å². The Labute approximate surface area is 244 Å². The lowest BCUT2D eigenvalue weighted by Crippen LogP contribution is -2.51.